The fourth-order valence-electron chi connectivity index (χ4n) is 2.07. The van der Waals surface area contributed by atoms with Crippen LogP contribution in [0.15, 0.2) is 15.4 Å². The van der Waals surface area contributed by atoms with E-state index in [0.717, 1.165) is 32.4 Å². The van der Waals surface area contributed by atoms with Gasteiger partial charge < -0.3 is 9.52 Å². The summed E-state index contributed by atoms with van der Waals surface area (Å²) in [6, 6.07) is 1.36. The molecule has 0 amide bonds. The van der Waals surface area contributed by atoms with Gasteiger partial charge in [0.2, 0.25) is 0 Å². The third-order valence-electron chi connectivity index (χ3n) is 2.97. The molecule has 18 heavy (non-hydrogen) atoms. The van der Waals surface area contributed by atoms with Crippen LogP contribution in [0.1, 0.15) is 30.8 Å². The number of piperidine rings is 1. The first-order valence-electron chi connectivity index (χ1n) is 6.00. The summed E-state index contributed by atoms with van der Waals surface area (Å²) >= 11 is 0. The number of furan rings is 1. The number of hydrogen-bond acceptors (Lipinski definition) is 5. The first kappa shape index (κ1) is 13.5. The predicted octanol–water partition coefficient (Wildman–Crippen LogP) is 0.760. The van der Waals surface area contributed by atoms with Gasteiger partial charge in [0.05, 0.1) is 0 Å². The lowest BCUT2D eigenvalue weighted by Gasteiger charge is -2.26. The van der Waals surface area contributed by atoms with E-state index in [1.165, 1.54) is 6.07 Å². The number of nitrogens with zero attached hydrogens (tertiary/aromatic N) is 1. The van der Waals surface area contributed by atoms with Crippen LogP contribution in [0, 0.1) is 6.92 Å². The average molecular weight is 274 g/mol. The molecule has 0 unspecified atom stereocenters. The normalized spacial score (nSPS) is 18.1. The van der Waals surface area contributed by atoms with E-state index in [4.69, 9.17) is 9.52 Å². The van der Waals surface area contributed by atoms with Gasteiger partial charge in [-0.2, -0.15) is 0 Å². The molecule has 102 valence electrons. The molecule has 0 radical (unpaired) electrons. The molecule has 1 aliphatic heterocycles. The van der Waals surface area contributed by atoms with E-state index in [1.54, 1.807) is 11.9 Å². The van der Waals surface area contributed by atoms with Crippen molar-refractivity contribution in [3.63, 3.8) is 0 Å². The van der Waals surface area contributed by atoms with E-state index in [0.29, 0.717) is 5.76 Å². The van der Waals surface area contributed by atoms with E-state index in [1.807, 2.05) is 0 Å². The summed E-state index contributed by atoms with van der Waals surface area (Å²) < 4.78 is 29.5. The molecule has 0 spiro atoms. The summed E-state index contributed by atoms with van der Waals surface area (Å²) in [4.78, 5) is 2.65. The first-order valence-corrected chi connectivity index (χ1v) is 7.49. The van der Waals surface area contributed by atoms with Crippen molar-refractivity contribution in [2.45, 2.75) is 37.7 Å². The molecule has 0 bridgehead atoms. The highest BCUT2D eigenvalue weighted by Crippen LogP contribution is 2.20. The van der Waals surface area contributed by atoms with E-state index in [9.17, 15) is 8.42 Å². The molecule has 2 N–H and O–H groups in total. The van der Waals surface area contributed by atoms with Gasteiger partial charge in [-0.15, -0.1) is 4.83 Å². The molecular formula is C11H18N2O4S. The summed E-state index contributed by atoms with van der Waals surface area (Å²) in [7, 11) is -3.61. The van der Waals surface area contributed by atoms with Crippen molar-refractivity contribution in [2.24, 2.45) is 0 Å². The zero-order chi connectivity index (χ0) is 13.2. The molecule has 1 aromatic rings. The molecule has 2 heterocycles. The number of sulfonamides is 1. The lowest BCUT2D eigenvalue weighted by atomic mass is 10.2. The van der Waals surface area contributed by atoms with E-state index < -0.39 is 10.0 Å². The SMILES string of the molecule is Cc1oc(CO)cc1S(=O)(=O)NN1CCCCC1. The summed E-state index contributed by atoms with van der Waals surface area (Å²) in [5, 5.41) is 10.7. The monoisotopic (exact) mass is 274 g/mol. The second-order valence-electron chi connectivity index (χ2n) is 4.43. The second-order valence-corrected chi connectivity index (χ2v) is 6.06. The van der Waals surface area contributed by atoms with Crippen molar-refractivity contribution in [1.82, 2.24) is 9.84 Å². The maximum absolute atomic E-state index is 12.2. The van der Waals surface area contributed by atoms with Gasteiger partial charge in [-0.05, 0) is 19.8 Å². The molecule has 0 aromatic carbocycles. The van der Waals surface area contributed by atoms with Crippen molar-refractivity contribution in [2.75, 3.05) is 13.1 Å². The molecule has 1 saturated heterocycles. The van der Waals surface area contributed by atoms with Crippen LogP contribution in [0.3, 0.4) is 0 Å². The molecule has 1 aliphatic rings. The van der Waals surface area contributed by atoms with Gasteiger partial charge in [0.15, 0.2) is 0 Å². The van der Waals surface area contributed by atoms with Gasteiger partial charge in [-0.25, -0.2) is 13.4 Å². The van der Waals surface area contributed by atoms with Crippen molar-refractivity contribution < 1.29 is 17.9 Å². The molecule has 1 fully saturated rings. The smallest absolute Gasteiger partial charge is 0.256 e. The fraction of sp³-hybridized carbons (Fsp3) is 0.636. The van der Waals surface area contributed by atoms with Gasteiger partial charge in [0.25, 0.3) is 10.0 Å². The van der Waals surface area contributed by atoms with Gasteiger partial charge >= 0.3 is 0 Å². The number of aliphatic hydroxyl groups is 1. The topological polar surface area (TPSA) is 82.8 Å². The third-order valence-corrected chi connectivity index (χ3v) is 4.46. The Balaban J connectivity index is 2.16. The third kappa shape index (κ3) is 2.92. The quantitative estimate of drug-likeness (QED) is 0.847. The van der Waals surface area contributed by atoms with Gasteiger partial charge in [0.1, 0.15) is 23.0 Å². The molecule has 2 rings (SSSR count). The molecule has 0 atom stereocenters. The lowest BCUT2D eigenvalue weighted by molar-refractivity contribution is 0.200. The number of nitrogens with one attached hydrogen (secondary N) is 1. The predicted molar refractivity (Wildman–Crippen MR) is 65.1 cm³/mol. The number of rotatable bonds is 4. The lowest BCUT2D eigenvalue weighted by Crippen LogP contribution is -2.44. The van der Waals surface area contributed by atoms with Crippen LogP contribution in [-0.2, 0) is 16.6 Å². The molecule has 0 aliphatic carbocycles. The van der Waals surface area contributed by atoms with E-state index in [2.05, 4.69) is 4.83 Å². The summed E-state index contributed by atoms with van der Waals surface area (Å²) in [6.07, 6.45) is 3.13. The van der Waals surface area contributed by atoms with E-state index >= 15 is 0 Å². The maximum atomic E-state index is 12.2. The highest BCUT2D eigenvalue weighted by molar-refractivity contribution is 7.89. The van der Waals surface area contributed by atoms with Gasteiger partial charge in [0, 0.05) is 19.2 Å². The highest BCUT2D eigenvalue weighted by atomic mass is 32.2. The number of aryl methyl sites for hydroxylation is 1. The van der Waals surface area contributed by atoms with Crippen LogP contribution in [-0.4, -0.2) is 31.6 Å². The van der Waals surface area contributed by atoms with Gasteiger partial charge in [-0.1, -0.05) is 6.42 Å². The maximum Gasteiger partial charge on any atom is 0.256 e. The van der Waals surface area contributed by atoms with Crippen molar-refractivity contribution in [1.29, 1.82) is 0 Å². The van der Waals surface area contributed by atoms with Crippen LogP contribution >= 0.6 is 0 Å². The minimum atomic E-state index is -3.61. The molecule has 0 saturated carbocycles. The summed E-state index contributed by atoms with van der Waals surface area (Å²) in [5.74, 6) is 0.551. The molecule has 6 nitrogen and oxygen atoms in total. The Morgan fingerprint density at radius 2 is 2.06 bits per heavy atom. The largest absolute Gasteiger partial charge is 0.462 e. The van der Waals surface area contributed by atoms with Crippen LogP contribution in [0.4, 0.5) is 0 Å². The Morgan fingerprint density at radius 1 is 1.39 bits per heavy atom. The Labute approximate surface area is 107 Å². The zero-order valence-electron chi connectivity index (χ0n) is 10.3. The Hall–Kier alpha value is -0.890. The Bertz CT molecular complexity index is 503. The molecule has 7 heteroatoms. The van der Waals surface area contributed by atoms with Crippen LogP contribution in [0.25, 0.3) is 0 Å². The minimum absolute atomic E-state index is 0.0946. The number of hydrazine groups is 1. The van der Waals surface area contributed by atoms with E-state index in [-0.39, 0.29) is 17.3 Å². The first-order chi connectivity index (χ1) is 8.53. The Morgan fingerprint density at radius 3 is 2.61 bits per heavy atom. The minimum Gasteiger partial charge on any atom is -0.462 e. The van der Waals surface area contributed by atoms with Crippen LogP contribution in [0.2, 0.25) is 0 Å². The van der Waals surface area contributed by atoms with Crippen LogP contribution in [0.5, 0.6) is 0 Å². The highest BCUT2D eigenvalue weighted by Gasteiger charge is 2.24. The Kier molecular flexibility index (Phi) is 4.06. The standard InChI is InChI=1S/C11H18N2O4S/c1-9-11(7-10(8-14)17-9)18(15,16)12-13-5-3-2-4-6-13/h7,12,14H,2-6,8H2,1H3. The zero-order valence-corrected chi connectivity index (χ0v) is 11.2. The summed E-state index contributed by atoms with van der Waals surface area (Å²) in [6.45, 7) is 2.72. The van der Waals surface area contributed by atoms with Gasteiger partial charge in [-0.3, -0.25) is 0 Å². The summed E-state index contributed by atoms with van der Waals surface area (Å²) in [5.41, 5.74) is 0. The number of hydrogen-bond donors (Lipinski definition) is 2. The fourth-order valence-corrected chi connectivity index (χ4v) is 3.40. The van der Waals surface area contributed by atoms with Crippen molar-refractivity contribution >= 4 is 10.0 Å². The van der Waals surface area contributed by atoms with Crippen molar-refractivity contribution in [3.8, 4) is 0 Å². The van der Waals surface area contributed by atoms with Crippen LogP contribution < -0.4 is 4.83 Å². The molecule has 1 aromatic heterocycles. The molecular weight excluding hydrogens is 256 g/mol. The second kappa shape index (κ2) is 5.40. The van der Waals surface area contributed by atoms with Crippen molar-refractivity contribution in [3.05, 3.63) is 17.6 Å². The average Bonchev–Trinajstić information content (AvgIpc) is 2.72. The number of aliphatic hydroxyl groups excluding tert-OH is 1.